The fourth-order valence-electron chi connectivity index (χ4n) is 0.766. The Balaban J connectivity index is 2.75. The zero-order chi connectivity index (χ0) is 7.11. The molecule has 0 saturated heterocycles. The quantitative estimate of drug-likeness (QED) is 0.496. The summed E-state index contributed by atoms with van der Waals surface area (Å²) >= 11 is 0. The average molecular weight is 126 g/mol. The molecule has 0 aromatic heterocycles. The molecule has 0 fully saturated rings. The van der Waals surface area contributed by atoms with E-state index >= 15 is 0 Å². The van der Waals surface area contributed by atoms with Gasteiger partial charge >= 0.3 is 0 Å². The molecule has 0 aliphatic carbocycles. The van der Waals surface area contributed by atoms with Crippen LogP contribution in [0.15, 0.2) is 0 Å². The monoisotopic (exact) mass is 126 g/mol. The first-order chi connectivity index (χ1) is 4.27. The largest absolute Gasteiger partial charge is 0.0654 e. The van der Waals surface area contributed by atoms with E-state index in [1.165, 1.54) is 25.7 Å². The van der Waals surface area contributed by atoms with Crippen LogP contribution < -0.4 is 0 Å². The van der Waals surface area contributed by atoms with Crippen molar-refractivity contribution in [1.82, 2.24) is 0 Å². The van der Waals surface area contributed by atoms with Crippen molar-refractivity contribution in [2.45, 2.75) is 46.5 Å². The van der Waals surface area contributed by atoms with Crippen LogP contribution in [0.2, 0.25) is 0 Å². The maximum absolute atomic E-state index is 3.38. The molecule has 0 rings (SSSR count). The molecule has 0 spiro atoms. The van der Waals surface area contributed by atoms with Gasteiger partial charge in [-0.1, -0.05) is 40.0 Å². The first-order valence-corrected chi connectivity index (χ1v) is 4.00. The van der Waals surface area contributed by atoms with Gasteiger partial charge in [0.05, 0.1) is 0 Å². The molecule has 0 aromatic carbocycles. The molecule has 0 amide bonds. The van der Waals surface area contributed by atoms with E-state index in [0.29, 0.717) is 5.92 Å². The van der Waals surface area contributed by atoms with E-state index < -0.39 is 0 Å². The van der Waals surface area contributed by atoms with E-state index in [2.05, 4.69) is 27.2 Å². The molecule has 0 aliphatic heterocycles. The number of hydrogen-bond donors (Lipinski definition) is 0. The van der Waals surface area contributed by atoms with Crippen molar-refractivity contribution in [3.05, 3.63) is 6.42 Å². The third-order valence-corrected chi connectivity index (χ3v) is 1.33. The highest BCUT2D eigenvalue weighted by Gasteiger charge is 1.92. The Morgan fingerprint density at radius 2 is 1.89 bits per heavy atom. The third-order valence-electron chi connectivity index (χ3n) is 1.33. The Morgan fingerprint density at radius 3 is 2.33 bits per heavy atom. The minimum atomic E-state index is 0.654. The first kappa shape index (κ1) is 9.00. The summed E-state index contributed by atoms with van der Waals surface area (Å²) in [6.07, 6.45) is 8.57. The summed E-state index contributed by atoms with van der Waals surface area (Å²) in [5.41, 5.74) is 0. The molecule has 0 heterocycles. The number of hydrogen-bond acceptors (Lipinski definition) is 0. The van der Waals surface area contributed by atoms with Crippen LogP contribution in [0.25, 0.3) is 0 Å². The molecule has 0 heteroatoms. The Kier molecular flexibility index (Phi) is 6.12. The molecular formula is C9H18. The average Bonchev–Trinajstić information content (AvgIpc) is 1.80. The van der Waals surface area contributed by atoms with Crippen LogP contribution in [-0.4, -0.2) is 0 Å². The maximum Gasteiger partial charge on any atom is -0.0145 e. The van der Waals surface area contributed by atoms with Crippen LogP contribution in [0.3, 0.4) is 0 Å². The third kappa shape index (κ3) is 8.00. The highest BCUT2D eigenvalue weighted by molar-refractivity contribution is 4.67. The number of unbranched alkanes of at least 4 members (excludes halogenated alkanes) is 3. The second-order valence-corrected chi connectivity index (χ2v) is 2.82. The van der Waals surface area contributed by atoms with Gasteiger partial charge in [-0.25, -0.2) is 0 Å². The molecule has 0 bridgehead atoms. The van der Waals surface area contributed by atoms with Crippen molar-refractivity contribution in [3.63, 3.8) is 0 Å². The lowest BCUT2D eigenvalue weighted by Gasteiger charge is -2.00. The topological polar surface area (TPSA) is 0 Å². The Labute approximate surface area is 59.7 Å². The summed E-state index contributed by atoms with van der Waals surface area (Å²) < 4.78 is 0. The van der Waals surface area contributed by atoms with Crippen molar-refractivity contribution in [2.75, 3.05) is 0 Å². The van der Waals surface area contributed by atoms with Gasteiger partial charge in [0.15, 0.2) is 0 Å². The van der Waals surface area contributed by atoms with Gasteiger partial charge in [0.2, 0.25) is 0 Å². The molecule has 0 nitrogen and oxygen atoms in total. The van der Waals surface area contributed by atoms with Gasteiger partial charge in [-0.3, -0.25) is 0 Å². The van der Waals surface area contributed by atoms with Crippen molar-refractivity contribution >= 4 is 0 Å². The molecule has 0 aromatic rings. The van der Waals surface area contributed by atoms with Gasteiger partial charge in [-0.2, -0.15) is 0 Å². The highest BCUT2D eigenvalue weighted by Crippen LogP contribution is 2.07. The second kappa shape index (κ2) is 6.12. The molecule has 0 saturated carbocycles. The van der Waals surface area contributed by atoms with Crippen LogP contribution in [0.5, 0.6) is 0 Å². The van der Waals surface area contributed by atoms with E-state index in [4.69, 9.17) is 0 Å². The summed E-state index contributed by atoms with van der Waals surface area (Å²) in [7, 11) is 0. The molecule has 0 unspecified atom stereocenters. The predicted octanol–water partition coefficient (Wildman–Crippen LogP) is 3.30. The molecule has 0 N–H and O–H groups in total. The summed E-state index contributed by atoms with van der Waals surface area (Å²) in [4.78, 5) is 0. The normalized spacial score (nSPS) is 10.7. The van der Waals surface area contributed by atoms with Crippen molar-refractivity contribution < 1.29 is 0 Å². The summed E-state index contributed by atoms with van der Waals surface area (Å²) in [5, 5.41) is 0. The van der Waals surface area contributed by atoms with Crippen LogP contribution in [0, 0.1) is 12.3 Å². The molecule has 54 valence electrons. The maximum atomic E-state index is 3.38. The lowest BCUT2D eigenvalue weighted by atomic mass is 10.1. The van der Waals surface area contributed by atoms with Crippen molar-refractivity contribution in [2.24, 2.45) is 5.92 Å². The van der Waals surface area contributed by atoms with E-state index in [0.717, 1.165) is 0 Å². The molecular weight excluding hydrogens is 108 g/mol. The standard InChI is InChI=1S/C9H18/c1-4-5-6-7-8-9(2)3/h9H,4-7H2,1-3H3. The van der Waals surface area contributed by atoms with E-state index in [1.54, 1.807) is 0 Å². The Morgan fingerprint density at radius 1 is 1.22 bits per heavy atom. The minimum Gasteiger partial charge on any atom is -0.0654 e. The Hall–Kier alpha value is 0. The van der Waals surface area contributed by atoms with Crippen LogP contribution in [0.1, 0.15) is 46.5 Å². The zero-order valence-corrected chi connectivity index (χ0v) is 6.91. The van der Waals surface area contributed by atoms with Crippen molar-refractivity contribution in [3.8, 4) is 0 Å². The summed E-state index contributed by atoms with van der Waals surface area (Å²) in [6.45, 7) is 6.60. The van der Waals surface area contributed by atoms with Crippen LogP contribution in [0.4, 0.5) is 0 Å². The van der Waals surface area contributed by atoms with E-state index in [1.807, 2.05) is 0 Å². The van der Waals surface area contributed by atoms with Gasteiger partial charge in [-0.15, -0.1) is 0 Å². The smallest absolute Gasteiger partial charge is 0.0145 e. The lowest BCUT2D eigenvalue weighted by Crippen LogP contribution is -1.87. The summed E-state index contributed by atoms with van der Waals surface area (Å²) in [6, 6.07) is 0. The summed E-state index contributed by atoms with van der Waals surface area (Å²) in [5.74, 6) is 0.654. The molecule has 0 atom stereocenters. The predicted molar refractivity (Wildman–Crippen MR) is 42.2 cm³/mol. The fraction of sp³-hybridized carbons (Fsp3) is 0.889. The highest BCUT2D eigenvalue weighted by atomic mass is 14.0. The van der Waals surface area contributed by atoms with Gasteiger partial charge in [0.1, 0.15) is 0 Å². The van der Waals surface area contributed by atoms with Gasteiger partial charge < -0.3 is 0 Å². The van der Waals surface area contributed by atoms with Crippen LogP contribution >= 0.6 is 0 Å². The van der Waals surface area contributed by atoms with E-state index in [9.17, 15) is 0 Å². The Bertz CT molecular complexity index is 46.0. The van der Waals surface area contributed by atoms with E-state index in [-0.39, 0.29) is 0 Å². The van der Waals surface area contributed by atoms with Gasteiger partial charge in [-0.05, 0) is 18.8 Å². The first-order valence-electron chi connectivity index (χ1n) is 4.00. The minimum absolute atomic E-state index is 0.654. The molecule has 0 aliphatic rings. The van der Waals surface area contributed by atoms with Crippen molar-refractivity contribution in [1.29, 1.82) is 0 Å². The van der Waals surface area contributed by atoms with Crippen LogP contribution in [-0.2, 0) is 0 Å². The fourth-order valence-corrected chi connectivity index (χ4v) is 0.766. The SMILES string of the molecule is CCCCC[C]C(C)C. The number of rotatable bonds is 5. The molecule has 9 heavy (non-hydrogen) atoms. The second-order valence-electron chi connectivity index (χ2n) is 2.82. The molecule has 2 radical (unpaired) electrons. The zero-order valence-electron chi connectivity index (χ0n) is 6.91. The van der Waals surface area contributed by atoms with Gasteiger partial charge in [0.25, 0.3) is 0 Å². The lowest BCUT2D eigenvalue weighted by molar-refractivity contribution is 0.641. The van der Waals surface area contributed by atoms with Gasteiger partial charge in [0, 0.05) is 0 Å².